The number of ether oxygens (including phenoxy) is 1. The fourth-order valence-electron chi connectivity index (χ4n) is 3.45. The van der Waals surface area contributed by atoms with Crippen LogP contribution in [0.1, 0.15) is 44.4 Å². The summed E-state index contributed by atoms with van der Waals surface area (Å²) in [6.07, 6.45) is 0.671. The highest BCUT2D eigenvalue weighted by atomic mass is 16.6. The summed E-state index contributed by atoms with van der Waals surface area (Å²) in [5.74, 6) is 0.932. The number of hydrogen-bond donors (Lipinski definition) is 2. The van der Waals surface area contributed by atoms with E-state index in [-0.39, 0.29) is 5.56 Å². The number of pyridine rings is 1. The second kappa shape index (κ2) is 6.00. The predicted octanol–water partition coefficient (Wildman–Crippen LogP) is 1.58. The molecule has 0 spiro atoms. The Labute approximate surface area is 136 Å². The Balaban J connectivity index is 1.74. The van der Waals surface area contributed by atoms with Crippen molar-refractivity contribution in [3.63, 3.8) is 0 Å². The summed E-state index contributed by atoms with van der Waals surface area (Å²) < 4.78 is 7.12. The molecule has 2 aliphatic heterocycles. The molecule has 6 nitrogen and oxygen atoms in total. The molecule has 1 amide bonds. The van der Waals surface area contributed by atoms with E-state index < -0.39 is 11.7 Å². The number of rotatable bonds is 2. The van der Waals surface area contributed by atoms with Crippen molar-refractivity contribution in [3.05, 3.63) is 33.7 Å². The van der Waals surface area contributed by atoms with Crippen LogP contribution in [-0.4, -0.2) is 29.4 Å². The monoisotopic (exact) mass is 319 g/mol. The number of hydrogen-bond acceptors (Lipinski definition) is 4. The molecule has 2 atom stereocenters. The van der Waals surface area contributed by atoms with Gasteiger partial charge in [0.25, 0.3) is 5.56 Å². The second-order valence-corrected chi connectivity index (χ2v) is 7.55. The molecule has 2 aliphatic rings. The number of nitrogens with one attached hydrogen (secondary N) is 2. The molecule has 0 aromatic carbocycles. The van der Waals surface area contributed by atoms with Gasteiger partial charge in [-0.25, -0.2) is 4.79 Å². The van der Waals surface area contributed by atoms with Gasteiger partial charge in [0, 0.05) is 37.3 Å². The van der Waals surface area contributed by atoms with Gasteiger partial charge < -0.3 is 19.9 Å². The van der Waals surface area contributed by atoms with Crippen molar-refractivity contribution >= 4 is 6.09 Å². The van der Waals surface area contributed by atoms with Crippen molar-refractivity contribution in [3.8, 4) is 0 Å². The molecule has 2 N–H and O–H groups in total. The van der Waals surface area contributed by atoms with Crippen molar-refractivity contribution < 1.29 is 9.53 Å². The number of fused-ring (bicyclic) bond motifs is 4. The van der Waals surface area contributed by atoms with Gasteiger partial charge in [-0.2, -0.15) is 0 Å². The topological polar surface area (TPSA) is 72.4 Å². The van der Waals surface area contributed by atoms with E-state index in [1.807, 2.05) is 31.4 Å². The fraction of sp³-hybridized carbons (Fsp3) is 0.647. The quantitative estimate of drug-likeness (QED) is 0.868. The zero-order chi connectivity index (χ0) is 16.6. The summed E-state index contributed by atoms with van der Waals surface area (Å²) in [5, 5.41) is 6.16. The molecule has 1 aromatic rings. The molecule has 0 radical (unpaired) electrons. The zero-order valence-electron chi connectivity index (χ0n) is 14.0. The number of carbonyl (C=O) groups excluding carboxylic acids is 1. The lowest BCUT2D eigenvalue weighted by Gasteiger charge is -2.37. The van der Waals surface area contributed by atoms with Crippen LogP contribution in [0.25, 0.3) is 0 Å². The van der Waals surface area contributed by atoms with Crippen molar-refractivity contribution in [1.29, 1.82) is 0 Å². The summed E-state index contributed by atoms with van der Waals surface area (Å²) in [6, 6.07) is 3.67. The van der Waals surface area contributed by atoms with E-state index >= 15 is 0 Å². The van der Waals surface area contributed by atoms with E-state index in [4.69, 9.17) is 4.74 Å². The van der Waals surface area contributed by atoms with Crippen LogP contribution >= 0.6 is 0 Å². The number of alkyl carbamates (subject to hydrolysis) is 1. The molecular formula is C17H25N3O3. The van der Waals surface area contributed by atoms with Gasteiger partial charge in [-0.15, -0.1) is 0 Å². The molecule has 1 aromatic heterocycles. The lowest BCUT2D eigenvalue weighted by Crippen LogP contribution is -2.45. The number of amides is 1. The molecule has 3 heterocycles. The first kappa shape index (κ1) is 16.1. The Morgan fingerprint density at radius 1 is 1.39 bits per heavy atom. The minimum Gasteiger partial charge on any atom is -0.444 e. The lowest BCUT2D eigenvalue weighted by atomic mass is 9.84. The molecule has 1 fully saturated rings. The Morgan fingerprint density at radius 3 is 2.91 bits per heavy atom. The number of aromatic nitrogens is 1. The Hall–Kier alpha value is -1.82. The molecular weight excluding hydrogens is 294 g/mol. The predicted molar refractivity (Wildman–Crippen MR) is 87.5 cm³/mol. The second-order valence-electron chi connectivity index (χ2n) is 7.55. The Bertz CT molecular complexity index is 660. The van der Waals surface area contributed by atoms with Gasteiger partial charge in [0.1, 0.15) is 5.60 Å². The van der Waals surface area contributed by atoms with Crippen LogP contribution in [0.15, 0.2) is 16.9 Å². The molecule has 0 aliphatic carbocycles. The summed E-state index contributed by atoms with van der Waals surface area (Å²) in [4.78, 5) is 24.1. The molecule has 1 saturated heterocycles. The van der Waals surface area contributed by atoms with Crippen molar-refractivity contribution in [2.45, 2.75) is 51.8 Å². The minimum atomic E-state index is -0.526. The average molecular weight is 319 g/mol. The van der Waals surface area contributed by atoms with Crippen molar-refractivity contribution in [2.24, 2.45) is 5.92 Å². The Morgan fingerprint density at radius 2 is 2.17 bits per heavy atom. The van der Waals surface area contributed by atoms with Gasteiger partial charge in [0.05, 0.1) is 0 Å². The number of nitrogens with zero attached hydrogens (tertiary/aromatic N) is 1. The van der Waals surface area contributed by atoms with Crippen LogP contribution in [0.4, 0.5) is 4.79 Å². The third kappa shape index (κ3) is 3.75. The standard InChI is InChI=1S/C17H25N3O3/c1-17(2,3)23-16(22)19-8-11-5-14-13-4-12(7-18-9-13)10-20(14)15(21)6-11/h5-6,12-13,18H,4,7-10H2,1-3H3,(H,19,22)/t12-,13+/m0/s1. The molecule has 6 heteroatoms. The molecule has 0 unspecified atom stereocenters. The first-order valence-electron chi connectivity index (χ1n) is 8.23. The van der Waals surface area contributed by atoms with Gasteiger partial charge >= 0.3 is 6.09 Å². The first-order chi connectivity index (χ1) is 10.8. The van der Waals surface area contributed by atoms with E-state index in [0.717, 1.165) is 37.3 Å². The molecule has 2 bridgehead atoms. The minimum absolute atomic E-state index is 0.0279. The molecule has 126 valence electrons. The molecule has 0 saturated carbocycles. The van der Waals surface area contributed by atoms with Crippen molar-refractivity contribution in [1.82, 2.24) is 15.2 Å². The van der Waals surface area contributed by atoms with Crippen LogP contribution in [0.2, 0.25) is 0 Å². The largest absolute Gasteiger partial charge is 0.444 e. The third-order valence-electron chi connectivity index (χ3n) is 4.36. The highest BCUT2D eigenvalue weighted by molar-refractivity contribution is 5.67. The summed E-state index contributed by atoms with van der Waals surface area (Å²) in [6.45, 7) is 8.47. The summed E-state index contributed by atoms with van der Waals surface area (Å²) >= 11 is 0. The highest BCUT2D eigenvalue weighted by Gasteiger charge is 2.31. The van der Waals surface area contributed by atoms with E-state index in [0.29, 0.717) is 18.4 Å². The number of carbonyl (C=O) groups is 1. The summed E-state index contributed by atoms with van der Waals surface area (Å²) in [5.41, 5.74) is 1.42. The normalized spacial score (nSPS) is 23.1. The summed E-state index contributed by atoms with van der Waals surface area (Å²) in [7, 11) is 0. The number of piperidine rings is 1. The van der Waals surface area contributed by atoms with E-state index in [1.54, 1.807) is 6.07 Å². The van der Waals surface area contributed by atoms with Gasteiger partial charge in [-0.1, -0.05) is 0 Å². The van der Waals surface area contributed by atoms with Gasteiger partial charge in [-0.3, -0.25) is 4.79 Å². The van der Waals surface area contributed by atoms with E-state index in [2.05, 4.69) is 10.6 Å². The van der Waals surface area contributed by atoms with E-state index in [1.165, 1.54) is 0 Å². The van der Waals surface area contributed by atoms with Gasteiger partial charge in [0.15, 0.2) is 0 Å². The lowest BCUT2D eigenvalue weighted by molar-refractivity contribution is 0.0523. The zero-order valence-corrected chi connectivity index (χ0v) is 14.0. The van der Waals surface area contributed by atoms with Crippen molar-refractivity contribution in [2.75, 3.05) is 13.1 Å². The smallest absolute Gasteiger partial charge is 0.407 e. The van der Waals surface area contributed by atoms with Crippen LogP contribution in [-0.2, 0) is 17.8 Å². The van der Waals surface area contributed by atoms with Crippen LogP contribution in [0, 0.1) is 5.92 Å². The molecule has 23 heavy (non-hydrogen) atoms. The maximum absolute atomic E-state index is 12.4. The van der Waals surface area contributed by atoms with Gasteiger partial charge in [-0.05, 0) is 51.3 Å². The SMILES string of the molecule is CC(C)(C)OC(=O)NCc1cc2n(c(=O)c1)C[C@@H]1CNC[C@H]2C1. The molecule has 3 rings (SSSR count). The maximum atomic E-state index is 12.4. The van der Waals surface area contributed by atoms with E-state index in [9.17, 15) is 9.59 Å². The fourth-order valence-corrected chi connectivity index (χ4v) is 3.45. The van der Waals surface area contributed by atoms with Crippen LogP contribution < -0.4 is 16.2 Å². The van der Waals surface area contributed by atoms with Crippen LogP contribution in [0.5, 0.6) is 0 Å². The van der Waals surface area contributed by atoms with Crippen LogP contribution in [0.3, 0.4) is 0 Å². The first-order valence-corrected chi connectivity index (χ1v) is 8.23. The highest BCUT2D eigenvalue weighted by Crippen LogP contribution is 2.31. The third-order valence-corrected chi connectivity index (χ3v) is 4.36. The Kier molecular flexibility index (Phi) is 4.19. The van der Waals surface area contributed by atoms with Gasteiger partial charge in [0.2, 0.25) is 0 Å². The average Bonchev–Trinajstić information content (AvgIpc) is 2.45. The maximum Gasteiger partial charge on any atom is 0.407 e.